The van der Waals surface area contributed by atoms with Crippen LogP contribution in [0.4, 0.5) is 21.0 Å². The largest absolute Gasteiger partial charge is 0.450 e. The molecule has 1 unspecified atom stereocenters. The van der Waals surface area contributed by atoms with Gasteiger partial charge in [-0.25, -0.2) is 9.59 Å². The number of thiol groups is 1. The van der Waals surface area contributed by atoms with Gasteiger partial charge in [0, 0.05) is 37.6 Å². The molecule has 3 rings (SSSR count). The third-order valence-corrected chi connectivity index (χ3v) is 5.16. The van der Waals surface area contributed by atoms with E-state index in [4.69, 9.17) is 9.47 Å². The van der Waals surface area contributed by atoms with Crippen molar-refractivity contribution >= 4 is 42.1 Å². The Morgan fingerprint density at radius 1 is 1.17 bits per heavy atom. The second kappa shape index (κ2) is 9.73. The number of hydrogen-bond acceptors (Lipinski definition) is 7. The second-order valence-corrected chi connectivity index (χ2v) is 7.08. The van der Waals surface area contributed by atoms with Gasteiger partial charge in [-0.05, 0) is 31.2 Å². The van der Waals surface area contributed by atoms with E-state index in [0.29, 0.717) is 26.2 Å². The van der Waals surface area contributed by atoms with Gasteiger partial charge in [-0.3, -0.25) is 9.69 Å². The summed E-state index contributed by atoms with van der Waals surface area (Å²) < 4.78 is 10.4. The van der Waals surface area contributed by atoms with Crippen LogP contribution in [0.1, 0.15) is 6.92 Å². The molecule has 9 nitrogen and oxygen atoms in total. The topological polar surface area (TPSA) is 91.4 Å². The molecule has 1 aromatic carbocycles. The molecule has 0 radical (unpaired) electrons. The lowest BCUT2D eigenvalue weighted by Crippen LogP contribution is -2.49. The molecule has 2 saturated heterocycles. The third-order valence-electron chi connectivity index (χ3n) is 4.88. The summed E-state index contributed by atoms with van der Waals surface area (Å²) in [6, 6.07) is 7.67. The summed E-state index contributed by atoms with van der Waals surface area (Å²) >= 11 is 3.90. The lowest BCUT2D eigenvalue weighted by molar-refractivity contribution is -0.118. The first-order valence-electron chi connectivity index (χ1n) is 9.64. The Kier molecular flexibility index (Phi) is 7.08. The normalized spacial score (nSPS) is 19.2. The van der Waals surface area contributed by atoms with Crippen molar-refractivity contribution in [3.8, 4) is 0 Å². The van der Waals surface area contributed by atoms with Crippen molar-refractivity contribution in [2.45, 2.75) is 13.0 Å². The summed E-state index contributed by atoms with van der Waals surface area (Å²) in [5, 5.41) is 2.68. The first-order chi connectivity index (χ1) is 14.0. The Bertz CT molecular complexity index is 737. The van der Waals surface area contributed by atoms with Crippen LogP contribution in [0.15, 0.2) is 24.3 Å². The highest BCUT2D eigenvalue weighted by atomic mass is 32.1. The Morgan fingerprint density at radius 3 is 2.45 bits per heavy atom. The molecule has 0 aromatic heterocycles. The lowest BCUT2D eigenvalue weighted by atomic mass is 10.2. The van der Waals surface area contributed by atoms with Crippen LogP contribution in [-0.4, -0.2) is 80.7 Å². The molecular formula is C19H26N4O5S. The van der Waals surface area contributed by atoms with Crippen molar-refractivity contribution in [1.82, 2.24) is 10.2 Å². The molecule has 2 aliphatic rings. The number of piperazine rings is 1. The van der Waals surface area contributed by atoms with Crippen LogP contribution in [0.3, 0.4) is 0 Å². The van der Waals surface area contributed by atoms with Crippen LogP contribution in [-0.2, 0) is 14.3 Å². The fourth-order valence-corrected chi connectivity index (χ4v) is 3.44. The smallest absolute Gasteiger partial charge is 0.414 e. The van der Waals surface area contributed by atoms with Crippen molar-refractivity contribution in [2.75, 3.05) is 61.4 Å². The number of nitrogens with zero attached hydrogens (tertiary/aromatic N) is 3. The minimum absolute atomic E-state index is 0.0971. The zero-order chi connectivity index (χ0) is 20.8. The van der Waals surface area contributed by atoms with Gasteiger partial charge >= 0.3 is 12.2 Å². The monoisotopic (exact) mass is 422 g/mol. The molecule has 158 valence electrons. The first kappa shape index (κ1) is 21.1. The predicted octanol–water partition coefficient (Wildman–Crippen LogP) is 1.34. The summed E-state index contributed by atoms with van der Waals surface area (Å²) in [5.74, 6) is -0.102. The van der Waals surface area contributed by atoms with Gasteiger partial charge in [-0.15, -0.1) is 0 Å². The quantitative estimate of drug-likeness (QED) is 0.673. The number of anilines is 2. The average Bonchev–Trinajstić information content (AvgIpc) is 3.13. The summed E-state index contributed by atoms with van der Waals surface area (Å²) in [4.78, 5) is 40.7. The minimum atomic E-state index is -0.425. The SMILES string of the molecule is CCOC(=O)N1CCN(c2ccc(N3CC(CNC(=O)CS)OC3=O)cc2)CC1. The Balaban J connectivity index is 1.53. The van der Waals surface area contributed by atoms with Gasteiger partial charge < -0.3 is 24.6 Å². The van der Waals surface area contributed by atoms with Gasteiger partial charge in [0.25, 0.3) is 0 Å². The van der Waals surface area contributed by atoms with Crippen molar-refractivity contribution in [2.24, 2.45) is 0 Å². The van der Waals surface area contributed by atoms with Gasteiger partial charge in [0.2, 0.25) is 5.91 Å². The molecule has 1 N–H and O–H groups in total. The number of carbonyl (C=O) groups is 3. The van der Waals surface area contributed by atoms with E-state index in [1.165, 1.54) is 0 Å². The number of rotatable bonds is 6. The molecule has 0 aliphatic carbocycles. The Morgan fingerprint density at radius 2 is 1.83 bits per heavy atom. The van der Waals surface area contributed by atoms with Gasteiger partial charge in [0.1, 0.15) is 6.10 Å². The molecule has 1 aromatic rings. The van der Waals surface area contributed by atoms with E-state index in [1.807, 2.05) is 24.3 Å². The van der Waals surface area contributed by atoms with Crippen LogP contribution in [0.2, 0.25) is 0 Å². The highest BCUT2D eigenvalue weighted by Crippen LogP contribution is 2.25. The van der Waals surface area contributed by atoms with E-state index in [-0.39, 0.29) is 30.4 Å². The highest BCUT2D eigenvalue weighted by Gasteiger charge is 2.32. The van der Waals surface area contributed by atoms with E-state index in [0.717, 1.165) is 24.5 Å². The maximum Gasteiger partial charge on any atom is 0.414 e. The number of benzene rings is 1. The molecule has 29 heavy (non-hydrogen) atoms. The average molecular weight is 423 g/mol. The maximum absolute atomic E-state index is 12.2. The molecule has 0 spiro atoms. The first-order valence-corrected chi connectivity index (χ1v) is 10.3. The predicted molar refractivity (Wildman–Crippen MR) is 112 cm³/mol. The van der Waals surface area contributed by atoms with Crippen molar-refractivity contribution in [3.63, 3.8) is 0 Å². The number of hydrogen-bond donors (Lipinski definition) is 2. The summed E-state index contributed by atoms with van der Waals surface area (Å²) in [7, 11) is 0. The van der Waals surface area contributed by atoms with Crippen molar-refractivity contribution in [3.05, 3.63) is 24.3 Å². The zero-order valence-electron chi connectivity index (χ0n) is 16.4. The zero-order valence-corrected chi connectivity index (χ0v) is 17.3. The Labute approximate surface area is 175 Å². The van der Waals surface area contributed by atoms with E-state index in [9.17, 15) is 14.4 Å². The second-order valence-electron chi connectivity index (χ2n) is 6.77. The van der Waals surface area contributed by atoms with Crippen LogP contribution in [0.25, 0.3) is 0 Å². The van der Waals surface area contributed by atoms with Crippen LogP contribution in [0.5, 0.6) is 0 Å². The van der Waals surface area contributed by atoms with Gasteiger partial charge in [0.15, 0.2) is 0 Å². The third kappa shape index (κ3) is 5.26. The maximum atomic E-state index is 12.2. The van der Waals surface area contributed by atoms with E-state index < -0.39 is 6.09 Å². The number of ether oxygens (including phenoxy) is 2. The van der Waals surface area contributed by atoms with Gasteiger partial charge in [0.05, 0.1) is 25.4 Å². The van der Waals surface area contributed by atoms with Crippen molar-refractivity contribution in [1.29, 1.82) is 0 Å². The lowest BCUT2D eigenvalue weighted by Gasteiger charge is -2.35. The molecule has 0 saturated carbocycles. The summed E-state index contributed by atoms with van der Waals surface area (Å²) in [5.41, 5.74) is 1.77. The molecule has 2 fully saturated rings. The van der Waals surface area contributed by atoms with Crippen LogP contribution in [0, 0.1) is 0 Å². The van der Waals surface area contributed by atoms with Gasteiger partial charge in [-0.1, -0.05) is 0 Å². The molecular weight excluding hydrogens is 396 g/mol. The molecule has 2 aliphatic heterocycles. The minimum Gasteiger partial charge on any atom is -0.450 e. The summed E-state index contributed by atoms with van der Waals surface area (Å²) in [6.07, 6.45) is -1.08. The molecule has 0 bridgehead atoms. The number of carbonyl (C=O) groups excluding carboxylic acids is 3. The molecule has 2 heterocycles. The fourth-order valence-electron chi connectivity index (χ4n) is 3.33. The fraction of sp³-hybridized carbons (Fsp3) is 0.526. The number of amides is 3. The molecule has 3 amide bonds. The van der Waals surface area contributed by atoms with Gasteiger partial charge in [-0.2, -0.15) is 12.6 Å². The van der Waals surface area contributed by atoms with Crippen molar-refractivity contribution < 1.29 is 23.9 Å². The van der Waals surface area contributed by atoms with E-state index >= 15 is 0 Å². The Hall–Kier alpha value is -2.62. The molecule has 10 heteroatoms. The van der Waals surface area contributed by atoms with Crippen LogP contribution < -0.4 is 15.1 Å². The van der Waals surface area contributed by atoms with E-state index in [2.05, 4.69) is 22.8 Å². The summed E-state index contributed by atoms with van der Waals surface area (Å²) in [6.45, 7) is 5.48. The van der Waals surface area contributed by atoms with Crippen LogP contribution >= 0.6 is 12.6 Å². The van der Waals surface area contributed by atoms with E-state index in [1.54, 1.807) is 16.7 Å². The number of nitrogens with one attached hydrogen (secondary N) is 1. The number of cyclic esters (lactones) is 1. The highest BCUT2D eigenvalue weighted by molar-refractivity contribution is 7.81. The standard InChI is InChI=1S/C19H26N4O5S/c1-2-27-18(25)22-9-7-21(8-10-22)14-3-5-15(6-4-14)23-12-16(28-19(23)26)11-20-17(24)13-29/h3-6,16,29H,2,7-13H2,1H3,(H,20,24). The molecule has 1 atom stereocenters.